The van der Waals surface area contributed by atoms with Crippen molar-refractivity contribution in [2.24, 2.45) is 0 Å². The first-order valence-corrected chi connectivity index (χ1v) is 6.80. The van der Waals surface area contributed by atoms with E-state index in [1.165, 1.54) is 0 Å². The van der Waals surface area contributed by atoms with Gasteiger partial charge in [-0.2, -0.15) is 18.3 Å². The van der Waals surface area contributed by atoms with Gasteiger partial charge in [0.15, 0.2) is 5.60 Å². The second-order valence-corrected chi connectivity index (χ2v) is 5.62. The van der Waals surface area contributed by atoms with Crippen molar-refractivity contribution in [2.75, 3.05) is 5.73 Å². The minimum atomic E-state index is -4.65. The van der Waals surface area contributed by atoms with Crippen molar-refractivity contribution in [1.29, 1.82) is 0 Å². The second kappa shape index (κ2) is 5.64. The Labute approximate surface area is 126 Å². The van der Waals surface area contributed by atoms with Crippen molar-refractivity contribution in [1.82, 2.24) is 10.2 Å². The van der Waals surface area contributed by atoms with Crippen LogP contribution >= 0.6 is 0 Å². The average molecular weight is 313 g/mol. The Morgan fingerprint density at radius 3 is 2.55 bits per heavy atom. The number of halogens is 3. The average Bonchev–Trinajstić information content (AvgIpc) is 2.87. The third-order valence-corrected chi connectivity index (χ3v) is 3.70. The lowest BCUT2D eigenvalue weighted by Gasteiger charge is -2.25. The van der Waals surface area contributed by atoms with Crippen LogP contribution in [0.4, 0.5) is 18.9 Å². The molecule has 0 aliphatic carbocycles. The lowest BCUT2D eigenvalue weighted by atomic mass is 9.98. The number of hydrogen-bond acceptors (Lipinski definition) is 3. The molecule has 0 saturated heterocycles. The van der Waals surface area contributed by atoms with Gasteiger partial charge in [0.25, 0.3) is 0 Å². The lowest BCUT2D eigenvalue weighted by molar-refractivity contribution is -0.254. The molecule has 1 heterocycles. The van der Waals surface area contributed by atoms with Crippen LogP contribution in [0.1, 0.15) is 24.6 Å². The van der Waals surface area contributed by atoms with Gasteiger partial charge in [0.2, 0.25) is 0 Å². The number of benzene rings is 1. The Morgan fingerprint density at radius 1 is 1.27 bits per heavy atom. The molecule has 120 valence electrons. The van der Waals surface area contributed by atoms with E-state index in [9.17, 15) is 18.3 Å². The highest BCUT2D eigenvalue weighted by Gasteiger charge is 2.49. The number of nitrogens with zero attached hydrogens (tertiary/aromatic N) is 1. The second-order valence-electron chi connectivity index (χ2n) is 5.62. The highest BCUT2D eigenvalue weighted by molar-refractivity contribution is 5.66. The van der Waals surface area contributed by atoms with Gasteiger partial charge in [-0.1, -0.05) is 12.1 Å². The lowest BCUT2D eigenvalue weighted by Crippen LogP contribution is -2.42. The van der Waals surface area contributed by atoms with Gasteiger partial charge in [0.1, 0.15) is 0 Å². The van der Waals surface area contributed by atoms with E-state index in [2.05, 4.69) is 10.2 Å². The quantitative estimate of drug-likeness (QED) is 0.759. The number of nitrogens with two attached hydrogens (primary N) is 1. The van der Waals surface area contributed by atoms with Crippen LogP contribution in [0.25, 0.3) is 11.3 Å². The molecule has 4 N–H and O–H groups in total. The van der Waals surface area contributed by atoms with E-state index in [0.29, 0.717) is 17.1 Å². The van der Waals surface area contributed by atoms with E-state index < -0.39 is 18.2 Å². The largest absolute Gasteiger partial charge is 0.416 e. The first kappa shape index (κ1) is 16.4. The first-order valence-electron chi connectivity index (χ1n) is 6.80. The smallest absolute Gasteiger partial charge is 0.398 e. The van der Waals surface area contributed by atoms with Crippen molar-refractivity contribution in [3.63, 3.8) is 0 Å². The number of hydrogen-bond donors (Lipinski definition) is 3. The molecule has 1 atom stereocenters. The summed E-state index contributed by atoms with van der Waals surface area (Å²) in [4.78, 5) is 0. The molecule has 0 aliphatic heterocycles. The molecule has 2 rings (SSSR count). The molecular weight excluding hydrogens is 295 g/mol. The minimum absolute atomic E-state index is 0.0425. The number of aryl methyl sites for hydroxylation is 2. The van der Waals surface area contributed by atoms with Gasteiger partial charge in [0, 0.05) is 16.9 Å². The fourth-order valence-electron chi connectivity index (χ4n) is 1.96. The number of aromatic nitrogens is 2. The van der Waals surface area contributed by atoms with Crippen LogP contribution in [-0.2, 0) is 6.42 Å². The first-order chi connectivity index (χ1) is 10.1. The highest BCUT2D eigenvalue weighted by atomic mass is 19.4. The number of nitrogen functional groups attached to an aromatic ring is 1. The Kier molecular flexibility index (Phi) is 4.19. The number of H-pyrrole nitrogens is 1. The van der Waals surface area contributed by atoms with Gasteiger partial charge in [-0.3, -0.25) is 5.10 Å². The fourth-order valence-corrected chi connectivity index (χ4v) is 1.96. The van der Waals surface area contributed by atoms with Gasteiger partial charge >= 0.3 is 6.18 Å². The maximum atomic E-state index is 12.6. The van der Waals surface area contributed by atoms with E-state index in [1.54, 1.807) is 12.1 Å². The maximum Gasteiger partial charge on any atom is 0.416 e. The van der Waals surface area contributed by atoms with Gasteiger partial charge in [-0.15, -0.1) is 0 Å². The Bertz CT molecular complexity index is 662. The molecule has 0 unspecified atom stereocenters. The number of aliphatic hydroxyl groups is 1. The standard InChI is InChI=1S/C15H18F3N3O/c1-9-3-4-10(7-12(9)19)13-8-11(20-21-13)5-6-14(2,22)15(16,17)18/h3-4,7-8,22H,5-6,19H2,1-2H3,(H,20,21)/t14-/m0/s1. The summed E-state index contributed by atoms with van der Waals surface area (Å²) in [6.07, 6.45) is -5.05. The summed E-state index contributed by atoms with van der Waals surface area (Å²) in [7, 11) is 0. The molecule has 4 nitrogen and oxygen atoms in total. The topological polar surface area (TPSA) is 74.9 Å². The van der Waals surface area contributed by atoms with Gasteiger partial charge < -0.3 is 10.8 Å². The Balaban J connectivity index is 2.10. The molecule has 0 radical (unpaired) electrons. The third-order valence-electron chi connectivity index (χ3n) is 3.70. The van der Waals surface area contributed by atoms with Crippen LogP contribution < -0.4 is 5.73 Å². The van der Waals surface area contributed by atoms with E-state index in [4.69, 9.17) is 5.73 Å². The summed E-state index contributed by atoms with van der Waals surface area (Å²) in [6.45, 7) is 2.65. The number of rotatable bonds is 4. The molecular formula is C15H18F3N3O. The van der Waals surface area contributed by atoms with Crippen LogP contribution in [0.2, 0.25) is 0 Å². The summed E-state index contributed by atoms with van der Waals surface area (Å²) < 4.78 is 37.8. The molecule has 0 aliphatic rings. The Hall–Kier alpha value is -2.02. The molecule has 0 saturated carbocycles. The summed E-state index contributed by atoms with van der Waals surface area (Å²) in [5.74, 6) is 0. The predicted molar refractivity (Wildman–Crippen MR) is 78.2 cm³/mol. The number of alkyl halides is 3. The minimum Gasteiger partial charge on any atom is -0.398 e. The molecule has 0 spiro atoms. The zero-order valence-electron chi connectivity index (χ0n) is 12.3. The third kappa shape index (κ3) is 3.41. The van der Waals surface area contributed by atoms with Crippen molar-refractivity contribution < 1.29 is 18.3 Å². The molecule has 1 aromatic carbocycles. The van der Waals surface area contributed by atoms with Crippen LogP contribution in [0.5, 0.6) is 0 Å². The molecule has 7 heteroatoms. The van der Waals surface area contributed by atoms with E-state index in [-0.39, 0.29) is 6.42 Å². The van der Waals surface area contributed by atoms with Crippen LogP contribution in [0.3, 0.4) is 0 Å². The van der Waals surface area contributed by atoms with Crippen molar-refractivity contribution in [2.45, 2.75) is 38.5 Å². The summed E-state index contributed by atoms with van der Waals surface area (Å²) in [5.41, 5.74) is 6.61. The maximum absolute atomic E-state index is 12.6. The SMILES string of the molecule is Cc1ccc(-c2cc(CC[C@](C)(O)C(F)(F)F)[nH]n2)cc1N. The van der Waals surface area contributed by atoms with Gasteiger partial charge in [-0.25, -0.2) is 0 Å². The molecule has 22 heavy (non-hydrogen) atoms. The summed E-state index contributed by atoms with van der Waals surface area (Å²) in [6, 6.07) is 7.13. The molecule has 1 aromatic heterocycles. The molecule has 0 amide bonds. The van der Waals surface area contributed by atoms with E-state index >= 15 is 0 Å². The molecule has 2 aromatic rings. The van der Waals surface area contributed by atoms with Gasteiger partial charge in [-0.05, 0) is 44.4 Å². The van der Waals surface area contributed by atoms with Crippen molar-refractivity contribution in [3.8, 4) is 11.3 Å². The zero-order chi connectivity index (χ0) is 16.5. The van der Waals surface area contributed by atoms with E-state index in [0.717, 1.165) is 18.1 Å². The summed E-state index contributed by atoms with van der Waals surface area (Å²) >= 11 is 0. The predicted octanol–water partition coefficient (Wildman–Crippen LogP) is 3.21. The molecule has 0 fully saturated rings. The van der Waals surface area contributed by atoms with Crippen molar-refractivity contribution in [3.05, 3.63) is 35.5 Å². The normalized spacial score (nSPS) is 14.8. The number of aromatic amines is 1. The number of anilines is 1. The fraction of sp³-hybridized carbons (Fsp3) is 0.400. The van der Waals surface area contributed by atoms with Crippen molar-refractivity contribution >= 4 is 5.69 Å². The Morgan fingerprint density at radius 2 is 1.95 bits per heavy atom. The highest BCUT2D eigenvalue weighted by Crippen LogP contribution is 2.33. The van der Waals surface area contributed by atoms with Crippen LogP contribution in [0, 0.1) is 6.92 Å². The van der Waals surface area contributed by atoms with E-state index in [1.807, 2.05) is 19.1 Å². The molecule has 0 bridgehead atoms. The monoisotopic (exact) mass is 313 g/mol. The van der Waals surface area contributed by atoms with Crippen LogP contribution in [-0.4, -0.2) is 27.1 Å². The van der Waals surface area contributed by atoms with Gasteiger partial charge in [0.05, 0.1) is 5.69 Å². The number of nitrogens with one attached hydrogen (secondary N) is 1. The summed E-state index contributed by atoms with van der Waals surface area (Å²) in [5, 5.41) is 16.2. The zero-order valence-corrected chi connectivity index (χ0v) is 12.3. The van der Waals surface area contributed by atoms with Crippen LogP contribution in [0.15, 0.2) is 24.3 Å².